The van der Waals surface area contributed by atoms with Gasteiger partial charge in [0.25, 0.3) is 5.91 Å². The molecule has 1 aromatic heterocycles. The first-order chi connectivity index (χ1) is 12.9. The van der Waals surface area contributed by atoms with Crippen LogP contribution in [0, 0.1) is 0 Å². The van der Waals surface area contributed by atoms with Crippen LogP contribution in [0.2, 0.25) is 0 Å². The third kappa shape index (κ3) is 11.0. The van der Waals surface area contributed by atoms with Gasteiger partial charge >= 0.3 is 0 Å². The molecule has 152 valence electrons. The van der Waals surface area contributed by atoms with Crippen molar-refractivity contribution in [2.45, 2.75) is 59.9 Å². The second kappa shape index (κ2) is 14.7. The third-order valence-corrected chi connectivity index (χ3v) is 3.71. The molecule has 1 aromatic rings. The quantitative estimate of drug-likeness (QED) is 0.589. The zero-order chi connectivity index (χ0) is 20.7. The molecule has 1 aliphatic heterocycles. The number of piperidine rings is 1. The van der Waals surface area contributed by atoms with Crippen LogP contribution in [0.5, 0.6) is 0 Å². The van der Waals surface area contributed by atoms with Gasteiger partial charge < -0.3 is 16.4 Å². The first-order valence-electron chi connectivity index (χ1n) is 9.53. The van der Waals surface area contributed by atoms with Gasteiger partial charge in [-0.05, 0) is 46.7 Å². The molecule has 0 radical (unpaired) electrons. The second-order valence-corrected chi connectivity index (χ2v) is 6.05. The van der Waals surface area contributed by atoms with E-state index in [0.717, 1.165) is 31.5 Å². The maximum absolute atomic E-state index is 11.7. The Morgan fingerprint density at radius 3 is 2.41 bits per heavy atom. The van der Waals surface area contributed by atoms with Crippen molar-refractivity contribution in [3.63, 3.8) is 0 Å². The Bertz CT molecular complexity index is 614. The summed E-state index contributed by atoms with van der Waals surface area (Å²) in [7, 11) is 0. The minimum atomic E-state index is -0.170. The zero-order valence-corrected chi connectivity index (χ0v) is 17.3. The number of carbonyl (C=O) groups is 2. The molecular formula is C20H35N5O2. The average molecular weight is 378 g/mol. The maximum atomic E-state index is 11.7. The number of nitrogens with zero attached hydrogens (tertiary/aromatic N) is 1. The number of rotatable bonds is 5. The third-order valence-electron chi connectivity index (χ3n) is 3.71. The van der Waals surface area contributed by atoms with Crippen molar-refractivity contribution in [2.24, 2.45) is 0 Å². The fourth-order valence-electron chi connectivity index (χ4n) is 2.34. The van der Waals surface area contributed by atoms with Crippen LogP contribution < -0.4 is 16.4 Å². The van der Waals surface area contributed by atoms with Crippen LogP contribution in [0.15, 0.2) is 30.0 Å². The van der Waals surface area contributed by atoms with E-state index in [4.69, 9.17) is 5.73 Å². The number of nitrogens with two attached hydrogens (primary N) is 1. The molecule has 0 aliphatic carbocycles. The number of hydrogen-bond donors (Lipinski definition) is 4. The molecule has 0 spiro atoms. The van der Waals surface area contributed by atoms with Gasteiger partial charge in [-0.2, -0.15) is 5.10 Å². The topological polar surface area (TPSA) is 113 Å². The van der Waals surface area contributed by atoms with Crippen molar-refractivity contribution in [1.82, 2.24) is 20.8 Å². The van der Waals surface area contributed by atoms with Crippen LogP contribution in [-0.2, 0) is 4.79 Å². The lowest BCUT2D eigenvalue weighted by atomic mass is 10.1. The van der Waals surface area contributed by atoms with Gasteiger partial charge in [0, 0.05) is 12.5 Å². The molecule has 0 unspecified atom stereocenters. The van der Waals surface area contributed by atoms with Gasteiger partial charge in [0.1, 0.15) is 11.5 Å². The molecule has 0 bridgehead atoms. The number of anilines is 1. The van der Waals surface area contributed by atoms with Gasteiger partial charge in [-0.25, -0.2) is 0 Å². The highest BCUT2D eigenvalue weighted by atomic mass is 16.2. The Morgan fingerprint density at radius 2 is 1.93 bits per heavy atom. The number of H-pyrrole nitrogens is 1. The second-order valence-electron chi connectivity index (χ2n) is 6.05. The van der Waals surface area contributed by atoms with Crippen molar-refractivity contribution < 1.29 is 9.59 Å². The summed E-state index contributed by atoms with van der Waals surface area (Å²) in [6, 6.07) is 0.237. The lowest BCUT2D eigenvalue weighted by Gasteiger charge is -2.23. The summed E-state index contributed by atoms with van der Waals surface area (Å²) in [5, 5.41) is 12.5. The predicted octanol–water partition coefficient (Wildman–Crippen LogP) is 2.99. The summed E-state index contributed by atoms with van der Waals surface area (Å²) in [6.07, 6.45) is 9.80. The minimum absolute atomic E-state index is 0.170. The monoisotopic (exact) mass is 377 g/mol. The Kier molecular flexibility index (Phi) is 13.4. The summed E-state index contributed by atoms with van der Waals surface area (Å²) in [5.74, 6) is 0.0424. The zero-order valence-electron chi connectivity index (χ0n) is 17.3. The van der Waals surface area contributed by atoms with Crippen LogP contribution in [0.25, 0.3) is 0 Å². The number of aromatic nitrogens is 2. The highest BCUT2D eigenvalue weighted by molar-refractivity contribution is 5.97. The number of aromatic amines is 1. The van der Waals surface area contributed by atoms with Crippen molar-refractivity contribution in [3.8, 4) is 0 Å². The molecule has 0 saturated carbocycles. The van der Waals surface area contributed by atoms with Gasteiger partial charge in [-0.15, -0.1) is 0 Å². The maximum Gasteiger partial charge on any atom is 0.271 e. The highest BCUT2D eigenvalue weighted by Gasteiger charge is 2.18. The van der Waals surface area contributed by atoms with Crippen LogP contribution in [0.1, 0.15) is 64.4 Å². The molecule has 7 nitrogen and oxygen atoms in total. The molecule has 1 aliphatic rings. The summed E-state index contributed by atoms with van der Waals surface area (Å²) in [6.45, 7) is 11.4. The van der Waals surface area contributed by atoms with Gasteiger partial charge in [0.15, 0.2) is 0 Å². The van der Waals surface area contributed by atoms with E-state index < -0.39 is 0 Å². The number of ketones is 1. The van der Waals surface area contributed by atoms with E-state index >= 15 is 0 Å². The molecule has 1 amide bonds. The number of nitrogen functional groups attached to an aromatic ring is 1. The SMILES string of the molecule is C/C=C\C(C)=C/CC(C)=O.CC.Nc1cn[nH]c1C(=O)NC1CCNCC1. The standard InChI is InChI=1S/C9H15N5O.C9H14O.C2H6/c10-7-5-12-14-8(7)9(15)13-6-1-3-11-4-2-6;1-4-5-8(2)6-7-9(3)10;1-2/h5-6,11H,1-4,10H2,(H,12,14)(H,13,15);4-6H,7H2,1-3H3;1-2H3/b;5-4-,8-6-;. The number of Topliss-reactive ketones (excluding diaryl/α,β-unsaturated/α-hetero) is 1. The summed E-state index contributed by atoms with van der Waals surface area (Å²) in [5.41, 5.74) is 7.48. The van der Waals surface area contributed by atoms with Gasteiger partial charge in [-0.1, -0.05) is 37.6 Å². The average Bonchev–Trinajstić information content (AvgIpc) is 3.09. The Morgan fingerprint density at radius 1 is 1.30 bits per heavy atom. The number of amides is 1. The summed E-state index contributed by atoms with van der Waals surface area (Å²) in [4.78, 5) is 22.2. The van der Waals surface area contributed by atoms with E-state index in [1.54, 1.807) is 6.92 Å². The van der Waals surface area contributed by atoms with Crippen LogP contribution in [0.3, 0.4) is 0 Å². The molecule has 5 N–H and O–H groups in total. The number of allylic oxidation sites excluding steroid dienone is 4. The first kappa shape index (κ1) is 24.6. The van der Waals surface area contributed by atoms with Crippen molar-refractivity contribution in [3.05, 3.63) is 35.7 Å². The largest absolute Gasteiger partial charge is 0.396 e. The molecule has 1 fully saturated rings. The van der Waals surface area contributed by atoms with E-state index in [0.29, 0.717) is 17.8 Å². The smallest absolute Gasteiger partial charge is 0.271 e. The highest BCUT2D eigenvalue weighted by Crippen LogP contribution is 2.08. The molecule has 0 atom stereocenters. The van der Waals surface area contributed by atoms with Crippen LogP contribution in [-0.4, -0.2) is 41.0 Å². The normalized spacial score (nSPS) is 14.6. The van der Waals surface area contributed by atoms with E-state index in [1.165, 1.54) is 6.20 Å². The lowest BCUT2D eigenvalue weighted by Crippen LogP contribution is -2.42. The van der Waals surface area contributed by atoms with Crippen molar-refractivity contribution in [2.75, 3.05) is 18.8 Å². The number of hydrogen-bond acceptors (Lipinski definition) is 5. The molecule has 0 aromatic carbocycles. The predicted molar refractivity (Wildman–Crippen MR) is 112 cm³/mol. The fraction of sp³-hybridized carbons (Fsp3) is 0.550. The molecule has 2 heterocycles. The number of nitrogens with one attached hydrogen (secondary N) is 3. The van der Waals surface area contributed by atoms with E-state index in [9.17, 15) is 9.59 Å². The van der Waals surface area contributed by atoms with E-state index in [-0.39, 0.29) is 17.7 Å². The van der Waals surface area contributed by atoms with Crippen LogP contribution in [0.4, 0.5) is 5.69 Å². The fourth-order valence-corrected chi connectivity index (χ4v) is 2.34. The molecule has 7 heteroatoms. The molecule has 1 saturated heterocycles. The summed E-state index contributed by atoms with van der Waals surface area (Å²) < 4.78 is 0. The molecule has 2 rings (SSSR count). The van der Waals surface area contributed by atoms with E-state index in [2.05, 4.69) is 20.8 Å². The Labute approximate surface area is 162 Å². The Hall–Kier alpha value is -2.41. The lowest BCUT2D eigenvalue weighted by molar-refractivity contribution is -0.116. The number of carbonyl (C=O) groups excluding carboxylic acids is 2. The van der Waals surface area contributed by atoms with Crippen molar-refractivity contribution in [1.29, 1.82) is 0 Å². The first-order valence-corrected chi connectivity index (χ1v) is 9.53. The van der Waals surface area contributed by atoms with Gasteiger partial charge in [0.05, 0.1) is 11.9 Å². The van der Waals surface area contributed by atoms with Crippen LogP contribution >= 0.6 is 0 Å². The molecule has 27 heavy (non-hydrogen) atoms. The molecular weight excluding hydrogens is 342 g/mol. The van der Waals surface area contributed by atoms with Gasteiger partial charge in [0.2, 0.25) is 0 Å². The Balaban J connectivity index is 0.000000495. The van der Waals surface area contributed by atoms with Crippen molar-refractivity contribution >= 4 is 17.4 Å². The summed E-state index contributed by atoms with van der Waals surface area (Å²) >= 11 is 0. The van der Waals surface area contributed by atoms with E-state index in [1.807, 2.05) is 45.9 Å². The van der Waals surface area contributed by atoms with Gasteiger partial charge in [-0.3, -0.25) is 14.7 Å². The minimum Gasteiger partial charge on any atom is -0.396 e.